The Morgan fingerprint density at radius 2 is 0.404 bits per heavy atom. The van der Waals surface area contributed by atoms with Crippen LogP contribution in [0.25, 0.3) is 11.1 Å². The van der Waals surface area contributed by atoms with Crippen molar-refractivity contribution in [1.82, 2.24) is 0 Å². The van der Waals surface area contributed by atoms with Crippen LogP contribution >= 0.6 is 0 Å². The maximum Gasteiger partial charge on any atom is 0.0463 e. The van der Waals surface area contributed by atoms with Gasteiger partial charge in [-0.1, -0.05) is 97.1 Å². The first kappa shape index (κ1) is 32.2. The smallest absolute Gasteiger partial charge is 0.0463 e. The summed E-state index contributed by atoms with van der Waals surface area (Å²) in [4.78, 5) is 6.88. The van der Waals surface area contributed by atoms with Gasteiger partial charge in [-0.05, 0) is 132 Å². The van der Waals surface area contributed by atoms with Crippen LogP contribution in [0.5, 0.6) is 0 Å². The fourth-order valence-electron chi connectivity index (χ4n) is 6.63. The van der Waals surface area contributed by atoms with Crippen molar-refractivity contribution in [3.8, 4) is 11.1 Å². The van der Waals surface area contributed by atoms with E-state index in [9.17, 15) is 0 Å². The molecule has 0 aliphatic heterocycles. The zero-order valence-corrected chi connectivity index (χ0v) is 28.7. The van der Waals surface area contributed by atoms with E-state index in [2.05, 4.69) is 221 Å². The van der Waals surface area contributed by atoms with Crippen LogP contribution in [0, 0.1) is 0 Å². The number of benzene rings is 8. The zero-order chi connectivity index (χ0) is 35.1. The molecule has 8 aromatic carbocycles. The summed E-state index contributed by atoms with van der Waals surface area (Å²) in [7, 11) is 0. The van der Waals surface area contributed by atoms with Gasteiger partial charge in [0.1, 0.15) is 0 Å². The fraction of sp³-hybridized carbons (Fsp3) is 0. The summed E-state index contributed by atoms with van der Waals surface area (Å²) >= 11 is 0. The van der Waals surface area contributed by atoms with Crippen molar-refractivity contribution in [2.24, 2.45) is 0 Å². The Morgan fingerprint density at radius 1 is 0.212 bits per heavy atom. The first-order chi connectivity index (χ1) is 25.7. The van der Waals surface area contributed by atoms with Gasteiger partial charge in [-0.15, -0.1) is 0 Å². The zero-order valence-electron chi connectivity index (χ0n) is 28.7. The number of hydrogen-bond acceptors (Lipinski definition) is 4. The predicted molar refractivity (Wildman–Crippen MR) is 220 cm³/mol. The topological polar surface area (TPSA) is 35.7 Å². The van der Waals surface area contributed by atoms with Gasteiger partial charge in [-0.25, -0.2) is 0 Å². The minimum atomic E-state index is 0.759. The highest BCUT2D eigenvalue weighted by Gasteiger charge is 2.18. The molecule has 8 aromatic rings. The Hall–Kier alpha value is -7.04. The van der Waals surface area contributed by atoms with E-state index >= 15 is 0 Å². The predicted octanol–water partition coefficient (Wildman–Crippen LogP) is 13.3. The van der Waals surface area contributed by atoms with Gasteiger partial charge in [-0.3, -0.25) is 0 Å². The Bertz CT molecular complexity index is 2100. The standard InChI is InChI=1S/C48H38N4/c49-39-25-21-37(22-26-39)38-23-27-44(28-24-38)52(47-33-29-45(30-34-47)50(40-13-5-1-6-14-40)41-15-7-2-8-16-41)48-35-31-46(32-36-48)51(42-17-9-3-10-18-42)43-19-11-4-12-20-43/h1-36H,49H2. The van der Waals surface area contributed by atoms with E-state index in [0.29, 0.717) is 0 Å². The molecule has 0 saturated carbocycles. The molecule has 0 bridgehead atoms. The average Bonchev–Trinajstić information content (AvgIpc) is 3.22. The van der Waals surface area contributed by atoms with E-state index in [4.69, 9.17) is 5.73 Å². The lowest BCUT2D eigenvalue weighted by Crippen LogP contribution is -2.13. The lowest BCUT2D eigenvalue weighted by atomic mass is 10.0. The molecule has 2 N–H and O–H groups in total. The molecule has 52 heavy (non-hydrogen) atoms. The highest BCUT2D eigenvalue weighted by atomic mass is 15.2. The van der Waals surface area contributed by atoms with Gasteiger partial charge in [-0.2, -0.15) is 0 Å². The molecular weight excluding hydrogens is 633 g/mol. The third kappa shape index (κ3) is 6.87. The Balaban J connectivity index is 1.19. The molecule has 4 heteroatoms. The molecule has 0 radical (unpaired) electrons. The van der Waals surface area contributed by atoms with E-state index in [0.717, 1.165) is 68.0 Å². The van der Waals surface area contributed by atoms with E-state index in [1.807, 2.05) is 12.1 Å². The molecule has 0 fully saturated rings. The van der Waals surface area contributed by atoms with Gasteiger partial charge in [0.25, 0.3) is 0 Å². The minimum Gasteiger partial charge on any atom is -0.399 e. The van der Waals surface area contributed by atoms with Gasteiger partial charge in [0.05, 0.1) is 0 Å². The summed E-state index contributed by atoms with van der Waals surface area (Å²) in [5.41, 5.74) is 18.8. The second kappa shape index (κ2) is 14.8. The van der Waals surface area contributed by atoms with Crippen molar-refractivity contribution >= 4 is 56.9 Å². The van der Waals surface area contributed by atoms with Crippen molar-refractivity contribution in [3.05, 3.63) is 218 Å². The van der Waals surface area contributed by atoms with Gasteiger partial charge >= 0.3 is 0 Å². The first-order valence-electron chi connectivity index (χ1n) is 17.5. The maximum atomic E-state index is 5.98. The molecule has 0 amide bonds. The van der Waals surface area contributed by atoms with Crippen molar-refractivity contribution in [3.63, 3.8) is 0 Å². The average molecular weight is 671 g/mol. The van der Waals surface area contributed by atoms with E-state index < -0.39 is 0 Å². The summed E-state index contributed by atoms with van der Waals surface area (Å²) in [6.45, 7) is 0. The normalized spacial score (nSPS) is 10.8. The van der Waals surface area contributed by atoms with Crippen molar-refractivity contribution in [1.29, 1.82) is 0 Å². The van der Waals surface area contributed by atoms with Crippen LogP contribution < -0.4 is 20.4 Å². The highest BCUT2D eigenvalue weighted by Crippen LogP contribution is 2.41. The Morgan fingerprint density at radius 3 is 0.654 bits per heavy atom. The van der Waals surface area contributed by atoms with Crippen LogP contribution in [0.15, 0.2) is 218 Å². The van der Waals surface area contributed by atoms with E-state index in [1.165, 1.54) is 0 Å². The van der Waals surface area contributed by atoms with E-state index in [1.54, 1.807) is 0 Å². The largest absolute Gasteiger partial charge is 0.399 e. The van der Waals surface area contributed by atoms with Crippen molar-refractivity contribution in [2.45, 2.75) is 0 Å². The summed E-state index contributed by atoms with van der Waals surface area (Å²) in [6.07, 6.45) is 0. The second-order valence-corrected chi connectivity index (χ2v) is 12.6. The van der Waals surface area contributed by atoms with Crippen LogP contribution in [0.3, 0.4) is 0 Å². The molecule has 0 aliphatic rings. The summed E-state index contributed by atoms with van der Waals surface area (Å²) in [5, 5.41) is 0. The molecule has 0 aliphatic carbocycles. The number of nitrogen functional groups attached to an aromatic ring is 1. The van der Waals surface area contributed by atoms with Gasteiger partial charge in [0.2, 0.25) is 0 Å². The van der Waals surface area contributed by atoms with Crippen LogP contribution in [0.1, 0.15) is 0 Å². The molecule has 8 rings (SSSR count). The summed E-state index contributed by atoms with van der Waals surface area (Å²) in [5.74, 6) is 0. The molecule has 0 unspecified atom stereocenters. The Labute approximate surface area is 305 Å². The third-order valence-electron chi connectivity index (χ3n) is 9.16. The van der Waals surface area contributed by atoms with Crippen LogP contribution in [-0.2, 0) is 0 Å². The number of nitrogens with zero attached hydrogens (tertiary/aromatic N) is 3. The molecule has 0 aromatic heterocycles. The number of nitrogens with two attached hydrogens (primary N) is 1. The highest BCUT2D eigenvalue weighted by molar-refractivity contribution is 5.84. The number of anilines is 10. The summed E-state index contributed by atoms with van der Waals surface area (Å²) < 4.78 is 0. The number of hydrogen-bond donors (Lipinski definition) is 1. The van der Waals surface area contributed by atoms with Crippen molar-refractivity contribution < 1.29 is 0 Å². The minimum absolute atomic E-state index is 0.759. The SMILES string of the molecule is Nc1ccc(-c2ccc(N(c3ccc(N(c4ccccc4)c4ccccc4)cc3)c3ccc(N(c4ccccc4)c4ccccc4)cc3)cc2)cc1. The molecule has 0 saturated heterocycles. The van der Waals surface area contributed by atoms with Crippen molar-refractivity contribution in [2.75, 3.05) is 20.4 Å². The van der Waals surface area contributed by atoms with Crippen LogP contribution in [-0.4, -0.2) is 0 Å². The monoisotopic (exact) mass is 670 g/mol. The van der Waals surface area contributed by atoms with Gasteiger partial charge < -0.3 is 20.4 Å². The lowest BCUT2D eigenvalue weighted by Gasteiger charge is -2.29. The maximum absolute atomic E-state index is 5.98. The molecular formula is C48H38N4. The number of para-hydroxylation sites is 4. The molecule has 4 nitrogen and oxygen atoms in total. The molecule has 0 atom stereocenters. The lowest BCUT2D eigenvalue weighted by molar-refractivity contribution is 1.24. The van der Waals surface area contributed by atoms with Gasteiger partial charge in [0.15, 0.2) is 0 Å². The molecule has 0 spiro atoms. The first-order valence-corrected chi connectivity index (χ1v) is 17.5. The van der Waals surface area contributed by atoms with Crippen LogP contribution in [0.4, 0.5) is 56.9 Å². The fourth-order valence-corrected chi connectivity index (χ4v) is 6.63. The van der Waals surface area contributed by atoms with E-state index in [-0.39, 0.29) is 0 Å². The molecule has 250 valence electrons. The third-order valence-corrected chi connectivity index (χ3v) is 9.16. The quantitative estimate of drug-likeness (QED) is 0.147. The second-order valence-electron chi connectivity index (χ2n) is 12.6. The Kier molecular flexibility index (Phi) is 9.18. The van der Waals surface area contributed by atoms with Crippen LogP contribution in [0.2, 0.25) is 0 Å². The number of rotatable bonds is 10. The molecule has 0 heterocycles. The van der Waals surface area contributed by atoms with Gasteiger partial charge in [0, 0.05) is 56.9 Å². The summed E-state index contributed by atoms with van der Waals surface area (Å²) in [6, 6.07) is 76.4.